The number of carbonyl (C=O) groups is 1. The third-order valence-corrected chi connectivity index (χ3v) is 3.77. The van der Waals surface area contributed by atoms with E-state index in [-0.39, 0.29) is 22.3 Å². The Bertz CT molecular complexity index is 878. The van der Waals surface area contributed by atoms with Crippen molar-refractivity contribution in [2.75, 3.05) is 5.73 Å². The molecule has 120 valence electrons. The summed E-state index contributed by atoms with van der Waals surface area (Å²) in [5.74, 6) is 1.10. The molecule has 1 aromatic heterocycles. The average Bonchev–Trinajstić information content (AvgIpc) is 2.55. The van der Waals surface area contributed by atoms with Crippen molar-refractivity contribution in [3.63, 3.8) is 0 Å². The Labute approximate surface area is 144 Å². The maximum atomic E-state index is 12.7. The molecule has 0 unspecified atom stereocenters. The number of nitrogens with two attached hydrogens (primary N) is 1. The molecule has 1 heterocycles. The van der Waals surface area contributed by atoms with Crippen LogP contribution in [0.15, 0.2) is 54.9 Å². The first-order valence-corrected chi connectivity index (χ1v) is 7.58. The standard InChI is InChI=1S/C18H14ClN3O2/c1-11-9-13(24-12-5-3-2-4-6-12)7-8-14(11)16(23)15-17(19)21-10-22-18(15)20/h2-10H,1H3,(H2,20,21,22). The Morgan fingerprint density at radius 2 is 1.83 bits per heavy atom. The Morgan fingerprint density at radius 3 is 2.50 bits per heavy atom. The number of aryl methyl sites for hydroxylation is 1. The summed E-state index contributed by atoms with van der Waals surface area (Å²) in [5, 5.41) is 0.0384. The quantitative estimate of drug-likeness (QED) is 0.573. The van der Waals surface area contributed by atoms with E-state index in [0.29, 0.717) is 11.3 Å². The Hall–Kier alpha value is -2.92. The minimum absolute atomic E-state index is 0.0384. The number of carbonyl (C=O) groups excluding carboxylic acids is 1. The number of ketones is 1. The van der Waals surface area contributed by atoms with Crippen molar-refractivity contribution in [1.29, 1.82) is 0 Å². The summed E-state index contributed by atoms with van der Waals surface area (Å²) in [5.41, 5.74) is 7.09. The molecule has 0 aliphatic rings. The normalized spacial score (nSPS) is 10.4. The molecule has 0 amide bonds. The van der Waals surface area contributed by atoms with Gasteiger partial charge in [0.15, 0.2) is 5.78 Å². The fourth-order valence-corrected chi connectivity index (χ4v) is 2.53. The van der Waals surface area contributed by atoms with Gasteiger partial charge in [-0.3, -0.25) is 4.79 Å². The molecule has 0 atom stereocenters. The molecule has 0 bridgehead atoms. The Kier molecular flexibility index (Phi) is 4.44. The summed E-state index contributed by atoms with van der Waals surface area (Å²) in [6.07, 6.45) is 1.22. The van der Waals surface area contributed by atoms with E-state index in [9.17, 15) is 4.79 Å². The molecule has 2 aromatic carbocycles. The van der Waals surface area contributed by atoms with Gasteiger partial charge in [0.2, 0.25) is 0 Å². The number of halogens is 1. The summed E-state index contributed by atoms with van der Waals surface area (Å²) < 4.78 is 5.76. The van der Waals surface area contributed by atoms with E-state index in [2.05, 4.69) is 9.97 Å². The van der Waals surface area contributed by atoms with Gasteiger partial charge in [0.05, 0.1) is 0 Å². The number of hydrogen-bond donors (Lipinski definition) is 1. The largest absolute Gasteiger partial charge is 0.457 e. The minimum Gasteiger partial charge on any atom is -0.457 e. The number of benzene rings is 2. The fraction of sp³-hybridized carbons (Fsp3) is 0.0556. The van der Waals surface area contributed by atoms with Gasteiger partial charge in [-0.25, -0.2) is 9.97 Å². The number of ether oxygens (including phenoxy) is 1. The van der Waals surface area contributed by atoms with E-state index in [1.54, 1.807) is 18.2 Å². The lowest BCUT2D eigenvalue weighted by molar-refractivity contribution is 0.103. The second-order valence-electron chi connectivity index (χ2n) is 5.15. The van der Waals surface area contributed by atoms with Crippen LogP contribution in [0.5, 0.6) is 11.5 Å². The fourth-order valence-electron chi connectivity index (χ4n) is 2.30. The number of aromatic nitrogens is 2. The lowest BCUT2D eigenvalue weighted by atomic mass is 10.00. The predicted octanol–water partition coefficient (Wildman–Crippen LogP) is 4.04. The molecule has 3 rings (SSSR count). The first-order chi connectivity index (χ1) is 11.6. The van der Waals surface area contributed by atoms with Crippen LogP contribution in [-0.2, 0) is 0 Å². The number of para-hydroxylation sites is 1. The predicted molar refractivity (Wildman–Crippen MR) is 92.6 cm³/mol. The second-order valence-corrected chi connectivity index (χ2v) is 5.50. The van der Waals surface area contributed by atoms with Crippen LogP contribution in [0, 0.1) is 6.92 Å². The van der Waals surface area contributed by atoms with Crippen LogP contribution in [-0.4, -0.2) is 15.8 Å². The third kappa shape index (κ3) is 3.21. The summed E-state index contributed by atoms with van der Waals surface area (Å²) in [6.45, 7) is 1.82. The molecule has 0 radical (unpaired) electrons. The summed E-state index contributed by atoms with van der Waals surface area (Å²) in [6, 6.07) is 14.6. The molecule has 6 heteroatoms. The minimum atomic E-state index is -0.318. The van der Waals surface area contributed by atoms with Crippen LogP contribution in [0.4, 0.5) is 5.82 Å². The zero-order valence-electron chi connectivity index (χ0n) is 12.9. The van der Waals surface area contributed by atoms with Gasteiger partial charge < -0.3 is 10.5 Å². The van der Waals surface area contributed by atoms with Crippen molar-refractivity contribution in [1.82, 2.24) is 9.97 Å². The number of hydrogen-bond acceptors (Lipinski definition) is 5. The molecular formula is C18H14ClN3O2. The van der Waals surface area contributed by atoms with Crippen molar-refractivity contribution in [2.24, 2.45) is 0 Å². The zero-order chi connectivity index (χ0) is 17.1. The van der Waals surface area contributed by atoms with Gasteiger partial charge >= 0.3 is 0 Å². The molecule has 0 spiro atoms. The van der Waals surface area contributed by atoms with Crippen molar-refractivity contribution in [3.05, 3.63) is 76.7 Å². The maximum absolute atomic E-state index is 12.7. The number of nitrogen functional groups attached to an aromatic ring is 1. The van der Waals surface area contributed by atoms with Crippen LogP contribution in [0.3, 0.4) is 0 Å². The van der Waals surface area contributed by atoms with Crippen molar-refractivity contribution >= 4 is 23.2 Å². The smallest absolute Gasteiger partial charge is 0.200 e. The average molecular weight is 340 g/mol. The van der Waals surface area contributed by atoms with Crippen molar-refractivity contribution < 1.29 is 9.53 Å². The van der Waals surface area contributed by atoms with Crippen LogP contribution in [0.1, 0.15) is 21.5 Å². The highest BCUT2D eigenvalue weighted by Gasteiger charge is 2.20. The SMILES string of the molecule is Cc1cc(Oc2ccccc2)ccc1C(=O)c1c(N)ncnc1Cl. The third-order valence-electron chi connectivity index (χ3n) is 3.48. The molecule has 3 aromatic rings. The zero-order valence-corrected chi connectivity index (χ0v) is 13.6. The highest BCUT2D eigenvalue weighted by atomic mass is 35.5. The van der Waals surface area contributed by atoms with Crippen LogP contribution in [0.25, 0.3) is 0 Å². The van der Waals surface area contributed by atoms with E-state index in [1.807, 2.05) is 37.3 Å². The van der Waals surface area contributed by atoms with E-state index < -0.39 is 0 Å². The maximum Gasteiger partial charge on any atom is 0.200 e. The van der Waals surface area contributed by atoms with Gasteiger partial charge in [0, 0.05) is 5.56 Å². The molecule has 0 saturated carbocycles. The number of anilines is 1. The Morgan fingerprint density at radius 1 is 1.08 bits per heavy atom. The van der Waals surface area contributed by atoms with Crippen LogP contribution < -0.4 is 10.5 Å². The van der Waals surface area contributed by atoms with Gasteiger partial charge in [-0.1, -0.05) is 29.8 Å². The monoisotopic (exact) mass is 339 g/mol. The Balaban J connectivity index is 1.91. The van der Waals surface area contributed by atoms with E-state index in [1.165, 1.54) is 6.33 Å². The van der Waals surface area contributed by atoms with E-state index in [0.717, 1.165) is 11.3 Å². The van der Waals surface area contributed by atoms with Crippen molar-refractivity contribution in [2.45, 2.75) is 6.92 Å². The molecule has 0 aliphatic carbocycles. The molecule has 0 saturated heterocycles. The summed E-state index contributed by atoms with van der Waals surface area (Å²) >= 11 is 5.99. The van der Waals surface area contributed by atoms with Gasteiger partial charge in [-0.15, -0.1) is 0 Å². The second kappa shape index (κ2) is 6.68. The van der Waals surface area contributed by atoms with Gasteiger partial charge in [-0.05, 0) is 42.8 Å². The first-order valence-electron chi connectivity index (χ1n) is 7.20. The number of rotatable bonds is 4. The summed E-state index contributed by atoms with van der Waals surface area (Å²) in [4.78, 5) is 20.3. The molecule has 0 fully saturated rings. The molecule has 2 N–H and O–H groups in total. The van der Waals surface area contributed by atoms with Crippen molar-refractivity contribution in [3.8, 4) is 11.5 Å². The summed E-state index contributed by atoms with van der Waals surface area (Å²) in [7, 11) is 0. The first kappa shape index (κ1) is 16.0. The molecule has 24 heavy (non-hydrogen) atoms. The topological polar surface area (TPSA) is 78.1 Å². The van der Waals surface area contributed by atoms with E-state index in [4.69, 9.17) is 22.1 Å². The highest BCUT2D eigenvalue weighted by molar-refractivity contribution is 6.34. The van der Waals surface area contributed by atoms with Gasteiger partial charge in [0.1, 0.15) is 34.4 Å². The van der Waals surface area contributed by atoms with Crippen LogP contribution >= 0.6 is 11.6 Å². The highest BCUT2D eigenvalue weighted by Crippen LogP contribution is 2.27. The lowest BCUT2D eigenvalue weighted by Crippen LogP contribution is -2.10. The van der Waals surface area contributed by atoms with Gasteiger partial charge in [-0.2, -0.15) is 0 Å². The molecule has 0 aliphatic heterocycles. The molecule has 5 nitrogen and oxygen atoms in total. The molecular weight excluding hydrogens is 326 g/mol. The number of nitrogens with zero attached hydrogens (tertiary/aromatic N) is 2. The van der Waals surface area contributed by atoms with Crippen LogP contribution in [0.2, 0.25) is 5.15 Å². The lowest BCUT2D eigenvalue weighted by Gasteiger charge is -2.10. The van der Waals surface area contributed by atoms with E-state index >= 15 is 0 Å². The van der Waals surface area contributed by atoms with Gasteiger partial charge in [0.25, 0.3) is 0 Å².